The van der Waals surface area contributed by atoms with Crippen molar-refractivity contribution in [2.75, 3.05) is 37.3 Å². The van der Waals surface area contributed by atoms with Gasteiger partial charge in [-0.1, -0.05) is 18.6 Å². The van der Waals surface area contributed by atoms with E-state index in [2.05, 4.69) is 41.0 Å². The first kappa shape index (κ1) is 20.2. The highest BCUT2D eigenvalue weighted by atomic mass is 32.2. The molecule has 28 heavy (non-hydrogen) atoms. The van der Waals surface area contributed by atoms with Gasteiger partial charge in [-0.05, 0) is 69.7 Å². The van der Waals surface area contributed by atoms with Crippen molar-refractivity contribution in [3.05, 3.63) is 29.8 Å². The largest absolute Gasteiger partial charge is 0.369 e. The third-order valence-corrected chi connectivity index (χ3v) is 8.43. The van der Waals surface area contributed by atoms with E-state index in [9.17, 15) is 8.42 Å². The molecule has 1 aromatic rings. The number of fused-ring (bicyclic) bond motifs is 1. The van der Waals surface area contributed by atoms with Crippen LogP contribution in [-0.4, -0.2) is 62.1 Å². The second kappa shape index (κ2) is 8.33. The molecule has 0 amide bonds. The van der Waals surface area contributed by atoms with Gasteiger partial charge in [0, 0.05) is 43.4 Å². The molecular formula is C22H35N3O2S. The summed E-state index contributed by atoms with van der Waals surface area (Å²) in [6, 6.07) is 11.1. The van der Waals surface area contributed by atoms with Crippen LogP contribution in [0.5, 0.6) is 0 Å². The summed E-state index contributed by atoms with van der Waals surface area (Å²) >= 11 is 0. The molecular weight excluding hydrogens is 370 g/mol. The van der Waals surface area contributed by atoms with Gasteiger partial charge in [-0.3, -0.25) is 4.90 Å². The molecule has 3 fully saturated rings. The van der Waals surface area contributed by atoms with Crippen molar-refractivity contribution < 1.29 is 8.42 Å². The molecule has 4 rings (SSSR count). The van der Waals surface area contributed by atoms with Gasteiger partial charge in [0.15, 0.2) is 0 Å². The Balaban J connectivity index is 1.42. The molecule has 5 nitrogen and oxygen atoms in total. The quantitative estimate of drug-likeness (QED) is 0.750. The summed E-state index contributed by atoms with van der Waals surface area (Å²) < 4.78 is 25.2. The molecule has 2 atom stereocenters. The zero-order valence-corrected chi connectivity index (χ0v) is 18.2. The molecule has 6 heteroatoms. The molecule has 0 spiro atoms. The molecule has 0 radical (unpaired) electrons. The van der Waals surface area contributed by atoms with Crippen LogP contribution >= 0.6 is 0 Å². The highest BCUT2D eigenvalue weighted by molar-refractivity contribution is 7.88. The van der Waals surface area contributed by atoms with Crippen LogP contribution in [0.4, 0.5) is 5.69 Å². The van der Waals surface area contributed by atoms with Crippen LogP contribution in [0.3, 0.4) is 0 Å². The fraction of sp³-hybridized carbons (Fsp3) is 0.727. The Morgan fingerprint density at radius 1 is 0.964 bits per heavy atom. The van der Waals surface area contributed by atoms with Gasteiger partial charge in [0.1, 0.15) is 0 Å². The predicted octanol–water partition coefficient (Wildman–Crippen LogP) is 3.63. The number of nitrogens with zero attached hydrogens (tertiary/aromatic N) is 3. The molecule has 0 N–H and O–H groups in total. The molecule has 0 bridgehead atoms. The van der Waals surface area contributed by atoms with E-state index in [1.807, 2.05) is 0 Å². The Morgan fingerprint density at radius 2 is 1.68 bits per heavy atom. The molecule has 0 aromatic heterocycles. The van der Waals surface area contributed by atoms with Crippen LogP contribution in [0.15, 0.2) is 24.3 Å². The maximum Gasteiger partial charge on any atom is 0.211 e. The molecule has 156 valence electrons. The van der Waals surface area contributed by atoms with Crippen molar-refractivity contribution in [3.8, 4) is 0 Å². The van der Waals surface area contributed by atoms with Crippen molar-refractivity contribution in [1.29, 1.82) is 0 Å². The number of piperidine rings is 2. The molecule has 3 saturated heterocycles. The Bertz CT molecular complexity index is 756. The van der Waals surface area contributed by atoms with E-state index in [1.165, 1.54) is 56.2 Å². The van der Waals surface area contributed by atoms with E-state index in [1.54, 1.807) is 4.31 Å². The number of hydrogen-bond acceptors (Lipinski definition) is 4. The maximum atomic E-state index is 11.8. The highest BCUT2D eigenvalue weighted by Gasteiger charge is 2.35. The second-order valence-electron chi connectivity index (χ2n) is 8.75. The third-order valence-electron chi connectivity index (χ3n) is 7.13. The first-order valence-corrected chi connectivity index (χ1v) is 12.9. The highest BCUT2D eigenvalue weighted by Crippen LogP contribution is 2.40. The Labute approximate surface area is 170 Å². The standard InChI is InChI=1S/C22H35N3O2S/c1-3-24(21-13-16-23(17-14-21)28(2,26)27)20-9-7-18(8-10-20)22-12-11-19-6-4-5-15-25(19)22/h7-10,19,21-22H,3-6,11-17H2,1-2H3. The molecule has 0 aliphatic carbocycles. The zero-order valence-electron chi connectivity index (χ0n) is 17.4. The summed E-state index contributed by atoms with van der Waals surface area (Å²) in [5.41, 5.74) is 2.74. The Kier molecular flexibility index (Phi) is 6.00. The SMILES string of the molecule is CCN(c1ccc(C2CCC3CCCCN32)cc1)C1CCN(S(C)(=O)=O)CC1. The van der Waals surface area contributed by atoms with Crippen molar-refractivity contribution in [1.82, 2.24) is 9.21 Å². The van der Waals surface area contributed by atoms with Crippen molar-refractivity contribution in [2.45, 2.75) is 70.0 Å². The number of rotatable bonds is 5. The maximum absolute atomic E-state index is 11.8. The lowest BCUT2D eigenvalue weighted by atomic mass is 10.0. The zero-order chi connectivity index (χ0) is 19.7. The average Bonchev–Trinajstić information content (AvgIpc) is 3.13. The molecule has 1 aromatic carbocycles. The fourth-order valence-electron chi connectivity index (χ4n) is 5.64. The first-order valence-electron chi connectivity index (χ1n) is 11.0. The topological polar surface area (TPSA) is 43.9 Å². The minimum atomic E-state index is -3.06. The minimum Gasteiger partial charge on any atom is -0.369 e. The van der Waals surface area contributed by atoms with Gasteiger partial charge in [-0.2, -0.15) is 0 Å². The van der Waals surface area contributed by atoms with Gasteiger partial charge in [-0.25, -0.2) is 12.7 Å². The van der Waals surface area contributed by atoms with E-state index in [4.69, 9.17) is 0 Å². The predicted molar refractivity (Wildman–Crippen MR) is 115 cm³/mol. The Hall–Kier alpha value is -1.11. The lowest BCUT2D eigenvalue weighted by Crippen LogP contribution is -2.46. The van der Waals surface area contributed by atoms with Gasteiger partial charge in [0.2, 0.25) is 10.0 Å². The van der Waals surface area contributed by atoms with Crippen LogP contribution in [0, 0.1) is 0 Å². The van der Waals surface area contributed by atoms with Gasteiger partial charge < -0.3 is 4.90 Å². The first-order chi connectivity index (χ1) is 13.5. The lowest BCUT2D eigenvalue weighted by molar-refractivity contribution is 0.150. The minimum absolute atomic E-state index is 0.423. The number of sulfonamides is 1. The van der Waals surface area contributed by atoms with E-state index in [0.29, 0.717) is 25.2 Å². The summed E-state index contributed by atoms with van der Waals surface area (Å²) in [5, 5.41) is 0. The van der Waals surface area contributed by atoms with Crippen LogP contribution in [-0.2, 0) is 10.0 Å². The Morgan fingerprint density at radius 3 is 2.32 bits per heavy atom. The molecule has 0 saturated carbocycles. The van der Waals surface area contributed by atoms with Gasteiger partial charge in [0.25, 0.3) is 0 Å². The van der Waals surface area contributed by atoms with Crippen molar-refractivity contribution >= 4 is 15.7 Å². The van der Waals surface area contributed by atoms with Gasteiger partial charge >= 0.3 is 0 Å². The second-order valence-corrected chi connectivity index (χ2v) is 10.7. The third kappa shape index (κ3) is 4.10. The van der Waals surface area contributed by atoms with E-state index < -0.39 is 10.0 Å². The van der Waals surface area contributed by atoms with E-state index in [-0.39, 0.29) is 0 Å². The van der Waals surface area contributed by atoms with Crippen LogP contribution in [0.1, 0.15) is 63.5 Å². The molecule has 3 aliphatic heterocycles. The number of benzene rings is 1. The van der Waals surface area contributed by atoms with Crippen molar-refractivity contribution in [2.24, 2.45) is 0 Å². The van der Waals surface area contributed by atoms with Crippen LogP contribution in [0.2, 0.25) is 0 Å². The van der Waals surface area contributed by atoms with E-state index in [0.717, 1.165) is 25.4 Å². The average molecular weight is 406 g/mol. The lowest BCUT2D eigenvalue weighted by Gasteiger charge is -2.39. The number of hydrogen-bond donors (Lipinski definition) is 0. The molecule has 2 unspecified atom stereocenters. The molecule has 3 heterocycles. The summed E-state index contributed by atoms with van der Waals surface area (Å²) in [6.07, 6.45) is 9.90. The monoisotopic (exact) mass is 405 g/mol. The fourth-order valence-corrected chi connectivity index (χ4v) is 6.52. The van der Waals surface area contributed by atoms with Crippen LogP contribution in [0.25, 0.3) is 0 Å². The summed E-state index contributed by atoms with van der Waals surface area (Å²) in [7, 11) is -3.06. The van der Waals surface area contributed by atoms with E-state index >= 15 is 0 Å². The normalized spacial score (nSPS) is 27.6. The number of anilines is 1. The molecule has 3 aliphatic rings. The smallest absolute Gasteiger partial charge is 0.211 e. The summed E-state index contributed by atoms with van der Waals surface area (Å²) in [4.78, 5) is 5.21. The summed E-state index contributed by atoms with van der Waals surface area (Å²) in [5.74, 6) is 0. The van der Waals surface area contributed by atoms with Gasteiger partial charge in [-0.15, -0.1) is 0 Å². The van der Waals surface area contributed by atoms with Crippen LogP contribution < -0.4 is 4.90 Å². The van der Waals surface area contributed by atoms with Gasteiger partial charge in [0.05, 0.1) is 6.26 Å². The summed E-state index contributed by atoms with van der Waals surface area (Å²) in [6.45, 7) is 5.69. The van der Waals surface area contributed by atoms with Crippen molar-refractivity contribution in [3.63, 3.8) is 0 Å².